The Labute approximate surface area is 88.2 Å². The van der Waals surface area contributed by atoms with E-state index in [0.29, 0.717) is 0 Å². The van der Waals surface area contributed by atoms with E-state index in [1.165, 1.54) is 0 Å². The van der Waals surface area contributed by atoms with Crippen LogP contribution in [0.25, 0.3) is 0 Å². The minimum Gasteiger partial charge on any atom is -0.445 e. The van der Waals surface area contributed by atoms with E-state index in [4.69, 9.17) is 4.74 Å². The number of rotatable bonds is 4. The quantitative estimate of drug-likeness (QED) is 0.829. The molecule has 0 aliphatic rings. The Balaban J connectivity index is 2.29. The summed E-state index contributed by atoms with van der Waals surface area (Å²) in [5.74, 6) is 0. The molecule has 1 atom stereocenters. The summed E-state index contributed by atoms with van der Waals surface area (Å²) < 4.78 is 16.9. The van der Waals surface area contributed by atoms with Gasteiger partial charge in [-0.05, 0) is 12.5 Å². The van der Waals surface area contributed by atoms with Gasteiger partial charge in [-0.25, -0.2) is 9.18 Å². The smallest absolute Gasteiger partial charge is 0.407 e. The molecule has 0 unspecified atom stereocenters. The number of benzene rings is 1. The monoisotopic (exact) mass is 211 g/mol. The number of halogens is 1. The molecule has 0 saturated carbocycles. The normalized spacial score (nSPS) is 11.9. The lowest BCUT2D eigenvalue weighted by atomic mass is 10.2. The van der Waals surface area contributed by atoms with Crippen LogP contribution in [0.15, 0.2) is 30.3 Å². The van der Waals surface area contributed by atoms with Gasteiger partial charge in [-0.1, -0.05) is 30.3 Å². The summed E-state index contributed by atoms with van der Waals surface area (Å²) in [5.41, 5.74) is 0.903. The predicted octanol–water partition coefficient (Wildman–Crippen LogP) is 2.27. The second-order valence-electron chi connectivity index (χ2n) is 3.26. The zero-order valence-electron chi connectivity index (χ0n) is 8.57. The van der Waals surface area contributed by atoms with Gasteiger partial charge in [-0.15, -0.1) is 0 Å². The maximum Gasteiger partial charge on any atom is 0.407 e. The van der Waals surface area contributed by atoms with Crippen LogP contribution in [0.4, 0.5) is 9.18 Å². The highest BCUT2D eigenvalue weighted by atomic mass is 19.1. The third kappa shape index (κ3) is 4.44. The maximum atomic E-state index is 12.0. The van der Waals surface area contributed by atoms with Gasteiger partial charge in [0, 0.05) is 0 Å². The third-order valence-electron chi connectivity index (χ3n) is 1.81. The second kappa shape index (κ2) is 6.01. The van der Waals surface area contributed by atoms with Gasteiger partial charge in [0.25, 0.3) is 0 Å². The first-order valence-electron chi connectivity index (χ1n) is 4.75. The largest absolute Gasteiger partial charge is 0.445 e. The number of carbonyl (C=O) groups excluding carboxylic acids is 1. The van der Waals surface area contributed by atoms with Crippen molar-refractivity contribution in [1.82, 2.24) is 5.32 Å². The van der Waals surface area contributed by atoms with Crippen LogP contribution in [-0.2, 0) is 11.3 Å². The van der Waals surface area contributed by atoms with Gasteiger partial charge < -0.3 is 10.1 Å². The van der Waals surface area contributed by atoms with E-state index >= 15 is 0 Å². The van der Waals surface area contributed by atoms with Crippen molar-refractivity contribution in [2.75, 3.05) is 6.67 Å². The zero-order valence-corrected chi connectivity index (χ0v) is 8.57. The fraction of sp³-hybridized carbons (Fsp3) is 0.364. The molecular weight excluding hydrogens is 197 g/mol. The molecule has 1 aromatic rings. The lowest BCUT2D eigenvalue weighted by Crippen LogP contribution is -2.34. The second-order valence-corrected chi connectivity index (χ2v) is 3.26. The Morgan fingerprint density at radius 2 is 2.13 bits per heavy atom. The van der Waals surface area contributed by atoms with Crippen LogP contribution in [0.1, 0.15) is 12.5 Å². The van der Waals surface area contributed by atoms with Crippen LogP contribution in [0.5, 0.6) is 0 Å². The van der Waals surface area contributed by atoms with Crippen LogP contribution in [0.2, 0.25) is 0 Å². The highest BCUT2D eigenvalue weighted by Gasteiger charge is 2.07. The lowest BCUT2D eigenvalue weighted by molar-refractivity contribution is 0.134. The molecule has 0 aliphatic heterocycles. The number of carbonyl (C=O) groups is 1. The fourth-order valence-electron chi connectivity index (χ4n) is 1.00. The maximum absolute atomic E-state index is 12.0. The lowest BCUT2D eigenvalue weighted by Gasteiger charge is -2.10. The molecule has 0 spiro atoms. The van der Waals surface area contributed by atoms with Gasteiger partial charge in [0.15, 0.2) is 0 Å². The summed E-state index contributed by atoms with van der Waals surface area (Å²) in [6, 6.07) is 8.81. The fourth-order valence-corrected chi connectivity index (χ4v) is 1.00. The van der Waals surface area contributed by atoms with Crippen molar-refractivity contribution in [3.8, 4) is 0 Å². The van der Waals surface area contributed by atoms with Crippen molar-refractivity contribution in [3.63, 3.8) is 0 Å². The average molecular weight is 211 g/mol. The molecule has 1 aromatic carbocycles. The molecule has 1 amide bonds. The van der Waals surface area contributed by atoms with E-state index in [-0.39, 0.29) is 6.61 Å². The number of ether oxygens (including phenoxy) is 1. The number of alkyl halides is 1. The molecule has 0 aliphatic carbocycles. The molecule has 0 fully saturated rings. The molecule has 3 nitrogen and oxygen atoms in total. The first-order valence-corrected chi connectivity index (χ1v) is 4.75. The van der Waals surface area contributed by atoms with Crippen LogP contribution < -0.4 is 5.32 Å². The summed E-state index contributed by atoms with van der Waals surface area (Å²) in [5, 5.41) is 2.36. The number of hydrogen-bond acceptors (Lipinski definition) is 2. The van der Waals surface area contributed by atoms with Crippen molar-refractivity contribution in [2.45, 2.75) is 19.6 Å². The molecule has 1 rings (SSSR count). The number of alkyl carbamates (subject to hydrolysis) is 1. The molecule has 0 bridgehead atoms. The van der Waals surface area contributed by atoms with Crippen molar-refractivity contribution >= 4 is 6.09 Å². The van der Waals surface area contributed by atoms with E-state index in [1.54, 1.807) is 6.92 Å². The van der Waals surface area contributed by atoms with Crippen molar-refractivity contribution < 1.29 is 13.9 Å². The Hall–Kier alpha value is -1.58. The molecular formula is C11H14FNO2. The Bertz CT molecular complexity index is 303. The van der Waals surface area contributed by atoms with Crippen molar-refractivity contribution in [1.29, 1.82) is 0 Å². The van der Waals surface area contributed by atoms with Gasteiger partial charge in [-0.2, -0.15) is 0 Å². The van der Waals surface area contributed by atoms with E-state index in [1.807, 2.05) is 30.3 Å². The average Bonchev–Trinajstić information content (AvgIpc) is 2.27. The van der Waals surface area contributed by atoms with Crippen LogP contribution >= 0.6 is 0 Å². The summed E-state index contributed by atoms with van der Waals surface area (Å²) >= 11 is 0. The summed E-state index contributed by atoms with van der Waals surface area (Å²) in [6.45, 7) is 1.18. The third-order valence-corrected chi connectivity index (χ3v) is 1.81. The number of nitrogens with one attached hydrogen (secondary N) is 1. The summed E-state index contributed by atoms with van der Waals surface area (Å²) in [4.78, 5) is 11.1. The first kappa shape index (κ1) is 11.5. The number of hydrogen-bond donors (Lipinski definition) is 1. The number of amides is 1. The van der Waals surface area contributed by atoms with Gasteiger partial charge in [0.2, 0.25) is 0 Å². The van der Waals surface area contributed by atoms with Crippen molar-refractivity contribution in [3.05, 3.63) is 35.9 Å². The topological polar surface area (TPSA) is 38.3 Å². The van der Waals surface area contributed by atoms with E-state index < -0.39 is 18.8 Å². The van der Waals surface area contributed by atoms with Gasteiger partial charge in [0.05, 0.1) is 6.04 Å². The molecule has 15 heavy (non-hydrogen) atoms. The van der Waals surface area contributed by atoms with Crippen molar-refractivity contribution in [2.24, 2.45) is 0 Å². The zero-order chi connectivity index (χ0) is 11.1. The molecule has 82 valence electrons. The molecule has 0 aromatic heterocycles. The predicted molar refractivity (Wildman–Crippen MR) is 55.2 cm³/mol. The van der Waals surface area contributed by atoms with E-state index in [9.17, 15) is 9.18 Å². The van der Waals surface area contributed by atoms with Gasteiger partial charge >= 0.3 is 6.09 Å². The molecule has 4 heteroatoms. The van der Waals surface area contributed by atoms with Gasteiger partial charge in [-0.3, -0.25) is 0 Å². The van der Waals surface area contributed by atoms with Crippen LogP contribution in [-0.4, -0.2) is 18.8 Å². The minimum atomic E-state index is -0.597. The van der Waals surface area contributed by atoms with Gasteiger partial charge in [0.1, 0.15) is 13.3 Å². The molecule has 0 saturated heterocycles. The minimum absolute atomic E-state index is 0.200. The highest BCUT2D eigenvalue weighted by Crippen LogP contribution is 2.00. The van der Waals surface area contributed by atoms with E-state index in [0.717, 1.165) is 5.56 Å². The summed E-state index contributed by atoms with van der Waals surface area (Å²) in [7, 11) is 0. The highest BCUT2D eigenvalue weighted by molar-refractivity contribution is 5.67. The molecule has 0 radical (unpaired) electrons. The summed E-state index contributed by atoms with van der Waals surface area (Å²) in [6.07, 6.45) is -0.594. The van der Waals surface area contributed by atoms with Crippen LogP contribution in [0.3, 0.4) is 0 Å². The molecule has 0 heterocycles. The van der Waals surface area contributed by atoms with Crippen LogP contribution in [0, 0.1) is 0 Å². The Kier molecular flexibility index (Phi) is 4.60. The Morgan fingerprint density at radius 3 is 2.73 bits per heavy atom. The molecule has 1 N–H and O–H groups in total. The Morgan fingerprint density at radius 1 is 1.47 bits per heavy atom. The SMILES string of the molecule is C[C@@H](CF)NC(=O)OCc1ccccc1. The van der Waals surface area contributed by atoms with E-state index in [2.05, 4.69) is 5.32 Å². The first-order chi connectivity index (χ1) is 7.22. The standard InChI is InChI=1S/C11H14FNO2/c1-9(7-12)13-11(14)15-8-10-5-3-2-4-6-10/h2-6,9H,7-8H2,1H3,(H,13,14)/t9-/m0/s1.